The molecule has 6 nitrogen and oxygen atoms in total. The van der Waals surface area contributed by atoms with E-state index in [1.807, 2.05) is 66.4 Å². The van der Waals surface area contributed by atoms with Crippen LogP contribution < -0.4 is 5.32 Å². The maximum absolute atomic E-state index is 13.2. The minimum absolute atomic E-state index is 0.000703. The first-order chi connectivity index (χ1) is 17.5. The summed E-state index contributed by atoms with van der Waals surface area (Å²) in [4.78, 5) is 32.1. The number of amides is 2. The molecule has 1 N–H and O–H groups in total. The van der Waals surface area contributed by atoms with Gasteiger partial charge in [-0.1, -0.05) is 42.0 Å². The number of nitrogens with zero attached hydrogens (tertiary/aromatic N) is 2. The van der Waals surface area contributed by atoms with Crippen LogP contribution >= 0.6 is 0 Å². The van der Waals surface area contributed by atoms with Crippen molar-refractivity contribution in [1.82, 2.24) is 15.2 Å². The summed E-state index contributed by atoms with van der Waals surface area (Å²) in [5.41, 5.74) is 6.36. The molecule has 4 aromatic rings. The van der Waals surface area contributed by atoms with Crippen molar-refractivity contribution in [3.8, 4) is 11.5 Å². The summed E-state index contributed by atoms with van der Waals surface area (Å²) in [6.07, 6.45) is 2.15. The van der Waals surface area contributed by atoms with Crippen molar-refractivity contribution in [3.05, 3.63) is 89.0 Å². The Morgan fingerprint density at radius 1 is 1.00 bits per heavy atom. The van der Waals surface area contributed by atoms with Crippen molar-refractivity contribution in [3.63, 3.8) is 0 Å². The van der Waals surface area contributed by atoms with Gasteiger partial charge in [0.15, 0.2) is 5.58 Å². The summed E-state index contributed by atoms with van der Waals surface area (Å²) in [5, 5.41) is 3.05. The lowest BCUT2D eigenvalue weighted by molar-refractivity contribution is -0.122. The molecule has 3 aromatic carbocycles. The third-order valence-electron chi connectivity index (χ3n) is 7.05. The van der Waals surface area contributed by atoms with Gasteiger partial charge in [0.05, 0.1) is 0 Å². The smallest absolute Gasteiger partial charge is 0.253 e. The summed E-state index contributed by atoms with van der Waals surface area (Å²) < 4.78 is 5.91. The van der Waals surface area contributed by atoms with Gasteiger partial charge in [-0.15, -0.1) is 0 Å². The fourth-order valence-corrected chi connectivity index (χ4v) is 4.74. The van der Waals surface area contributed by atoms with E-state index in [-0.39, 0.29) is 11.8 Å². The van der Waals surface area contributed by atoms with Crippen LogP contribution in [0.3, 0.4) is 0 Å². The first kappa shape index (κ1) is 23.8. The van der Waals surface area contributed by atoms with E-state index in [9.17, 15) is 9.59 Å². The van der Waals surface area contributed by atoms with Crippen LogP contribution in [0.25, 0.3) is 22.6 Å². The number of aromatic nitrogens is 1. The van der Waals surface area contributed by atoms with Crippen LogP contribution in [0.2, 0.25) is 0 Å². The number of carbonyl (C=O) groups is 2. The molecule has 1 aliphatic heterocycles. The molecule has 6 heteroatoms. The van der Waals surface area contributed by atoms with Gasteiger partial charge in [0.2, 0.25) is 11.8 Å². The molecule has 1 aromatic heterocycles. The largest absolute Gasteiger partial charge is 0.436 e. The molecule has 1 aliphatic rings. The van der Waals surface area contributed by atoms with Gasteiger partial charge in [0.1, 0.15) is 5.52 Å². The first-order valence-electron chi connectivity index (χ1n) is 12.5. The third-order valence-corrected chi connectivity index (χ3v) is 7.05. The minimum atomic E-state index is -0.000703. The third kappa shape index (κ3) is 5.33. The Morgan fingerprint density at radius 3 is 2.50 bits per heavy atom. The van der Waals surface area contributed by atoms with Crippen molar-refractivity contribution in [2.45, 2.75) is 39.7 Å². The fourth-order valence-electron chi connectivity index (χ4n) is 4.74. The highest BCUT2D eigenvalue weighted by Crippen LogP contribution is 2.27. The van der Waals surface area contributed by atoms with Crippen LogP contribution in [-0.4, -0.2) is 34.8 Å². The molecule has 5 rings (SSSR count). The Kier molecular flexibility index (Phi) is 6.85. The fraction of sp³-hybridized carbons (Fsp3) is 0.300. The van der Waals surface area contributed by atoms with Crippen LogP contribution in [0.5, 0.6) is 0 Å². The van der Waals surface area contributed by atoms with Crippen molar-refractivity contribution < 1.29 is 14.0 Å². The molecule has 1 fully saturated rings. The average molecular weight is 482 g/mol. The van der Waals surface area contributed by atoms with Crippen LogP contribution in [0.1, 0.15) is 46.3 Å². The van der Waals surface area contributed by atoms with Gasteiger partial charge in [0, 0.05) is 37.2 Å². The molecule has 2 heterocycles. The zero-order chi connectivity index (χ0) is 25.1. The topological polar surface area (TPSA) is 75.4 Å². The Morgan fingerprint density at radius 2 is 1.75 bits per heavy atom. The lowest BCUT2D eigenvalue weighted by atomic mass is 9.92. The zero-order valence-electron chi connectivity index (χ0n) is 20.8. The lowest BCUT2D eigenvalue weighted by Gasteiger charge is -2.31. The zero-order valence-corrected chi connectivity index (χ0v) is 20.8. The summed E-state index contributed by atoms with van der Waals surface area (Å²) in [7, 11) is 0. The summed E-state index contributed by atoms with van der Waals surface area (Å²) in [5.74, 6) is 0.917. The highest BCUT2D eigenvalue weighted by molar-refractivity contribution is 5.97. The number of oxazole rings is 1. The number of rotatable bonds is 6. The minimum Gasteiger partial charge on any atom is -0.436 e. The molecular weight excluding hydrogens is 450 g/mol. The standard InChI is InChI=1S/C30H31N3O3/c1-20-7-9-23(10-8-20)29-32-26-18-24(11-12-27(26)36-29)30(35)33-15-13-22(14-16-33)17-28(34)31-19-25-6-4-3-5-21(25)2/h3-12,18,22H,13-17,19H2,1-2H3,(H,31,34). The number of nitrogens with one attached hydrogen (secondary N) is 1. The molecule has 36 heavy (non-hydrogen) atoms. The van der Waals surface area contributed by atoms with Gasteiger partial charge in [-0.3, -0.25) is 9.59 Å². The SMILES string of the molecule is Cc1ccc(-c2nc3cc(C(=O)N4CCC(CC(=O)NCc5ccccc5C)CC4)ccc3o2)cc1. The molecule has 1 saturated heterocycles. The highest BCUT2D eigenvalue weighted by Gasteiger charge is 2.25. The normalized spacial score (nSPS) is 14.2. The van der Waals surface area contributed by atoms with Crippen molar-refractivity contribution in [2.24, 2.45) is 5.92 Å². The van der Waals surface area contributed by atoms with Gasteiger partial charge in [-0.2, -0.15) is 0 Å². The Hall–Kier alpha value is -3.93. The predicted molar refractivity (Wildman–Crippen MR) is 140 cm³/mol. The lowest BCUT2D eigenvalue weighted by Crippen LogP contribution is -2.39. The number of hydrogen-bond acceptors (Lipinski definition) is 4. The van der Waals surface area contributed by atoms with Gasteiger partial charge in [-0.25, -0.2) is 4.98 Å². The molecule has 2 amide bonds. The van der Waals surface area contributed by atoms with E-state index in [2.05, 4.69) is 23.3 Å². The monoisotopic (exact) mass is 481 g/mol. The highest BCUT2D eigenvalue weighted by atomic mass is 16.3. The molecule has 0 unspecified atom stereocenters. The van der Waals surface area contributed by atoms with Gasteiger partial charge >= 0.3 is 0 Å². The number of aryl methyl sites for hydroxylation is 2. The van der Waals surface area contributed by atoms with Gasteiger partial charge in [0.25, 0.3) is 5.91 Å². The van der Waals surface area contributed by atoms with Crippen LogP contribution in [0.4, 0.5) is 0 Å². The molecule has 0 saturated carbocycles. The van der Waals surface area contributed by atoms with Crippen molar-refractivity contribution in [2.75, 3.05) is 13.1 Å². The second-order valence-electron chi connectivity index (χ2n) is 9.71. The van der Waals surface area contributed by atoms with E-state index >= 15 is 0 Å². The number of piperidine rings is 1. The second kappa shape index (κ2) is 10.4. The molecule has 184 valence electrons. The van der Waals surface area contributed by atoms with E-state index in [0.29, 0.717) is 54.5 Å². The van der Waals surface area contributed by atoms with Gasteiger partial charge in [-0.05, 0) is 74.1 Å². The van der Waals surface area contributed by atoms with Gasteiger partial charge < -0.3 is 14.6 Å². The average Bonchev–Trinajstić information content (AvgIpc) is 3.32. The summed E-state index contributed by atoms with van der Waals surface area (Å²) >= 11 is 0. The summed E-state index contributed by atoms with van der Waals surface area (Å²) in [6, 6.07) is 21.5. The number of benzene rings is 3. The van der Waals surface area contributed by atoms with E-state index < -0.39 is 0 Å². The second-order valence-corrected chi connectivity index (χ2v) is 9.71. The predicted octanol–water partition coefficient (Wildman–Crippen LogP) is 5.67. The van der Waals surface area contributed by atoms with Crippen LogP contribution in [-0.2, 0) is 11.3 Å². The van der Waals surface area contributed by atoms with Crippen molar-refractivity contribution in [1.29, 1.82) is 0 Å². The number of hydrogen-bond donors (Lipinski definition) is 1. The molecule has 0 bridgehead atoms. The van der Waals surface area contributed by atoms with Crippen LogP contribution in [0, 0.1) is 19.8 Å². The number of likely N-dealkylation sites (tertiary alicyclic amines) is 1. The number of fused-ring (bicyclic) bond motifs is 1. The molecular formula is C30H31N3O3. The number of carbonyl (C=O) groups excluding carboxylic acids is 2. The Bertz CT molecular complexity index is 1380. The van der Waals surface area contributed by atoms with E-state index in [1.165, 1.54) is 11.1 Å². The van der Waals surface area contributed by atoms with E-state index in [4.69, 9.17) is 4.42 Å². The van der Waals surface area contributed by atoms with E-state index in [1.54, 1.807) is 6.07 Å². The van der Waals surface area contributed by atoms with Crippen LogP contribution in [0.15, 0.2) is 71.1 Å². The Balaban J connectivity index is 1.16. The molecule has 0 atom stereocenters. The quantitative estimate of drug-likeness (QED) is 0.385. The summed E-state index contributed by atoms with van der Waals surface area (Å²) in [6.45, 7) is 5.95. The van der Waals surface area contributed by atoms with E-state index in [0.717, 1.165) is 24.0 Å². The maximum atomic E-state index is 13.2. The first-order valence-corrected chi connectivity index (χ1v) is 12.5. The molecule has 0 aliphatic carbocycles. The Labute approximate surface area is 211 Å². The molecule has 0 radical (unpaired) electrons. The maximum Gasteiger partial charge on any atom is 0.253 e. The van der Waals surface area contributed by atoms with Crippen molar-refractivity contribution >= 4 is 22.9 Å². The molecule has 0 spiro atoms.